The molecule has 1 amide bonds. The molecule has 2 rings (SSSR count). The molecule has 6 heteroatoms. The largest absolute Gasteiger partial charge is 0.376 e. The topological polar surface area (TPSA) is 66.0 Å². The molecule has 1 aliphatic carbocycles. The highest BCUT2D eigenvalue weighted by Crippen LogP contribution is 2.27. The lowest BCUT2D eigenvalue weighted by Crippen LogP contribution is -2.43. The molecule has 2 fully saturated rings. The summed E-state index contributed by atoms with van der Waals surface area (Å²) < 4.78 is 5.71. The fourth-order valence-electron chi connectivity index (χ4n) is 2.20. The van der Waals surface area contributed by atoms with Gasteiger partial charge in [0.2, 0.25) is 5.91 Å². The molecule has 2 N–H and O–H groups in total. The number of rotatable bonds is 6. The van der Waals surface area contributed by atoms with Crippen molar-refractivity contribution in [3.05, 3.63) is 0 Å². The van der Waals surface area contributed by atoms with Gasteiger partial charge in [0.25, 0.3) is 0 Å². The smallest absolute Gasteiger partial charge is 0.243 e. The van der Waals surface area contributed by atoms with Crippen LogP contribution in [0.15, 0.2) is 4.99 Å². The van der Waals surface area contributed by atoms with E-state index < -0.39 is 0 Å². The van der Waals surface area contributed by atoms with E-state index in [0.717, 1.165) is 44.4 Å². The number of aliphatic imine (C=N–C) groups is 1. The number of carbonyl (C=O) groups excluding carboxylic acids is 1. The molecule has 0 spiro atoms. The van der Waals surface area contributed by atoms with Crippen LogP contribution in [0.25, 0.3) is 0 Å². The number of ether oxygens (including phenoxy) is 1. The molecule has 1 saturated carbocycles. The summed E-state index contributed by atoms with van der Waals surface area (Å²) in [5, 5.41) is 6.64. The summed E-state index contributed by atoms with van der Waals surface area (Å²) in [5.41, 5.74) is 0. The highest BCUT2D eigenvalue weighted by molar-refractivity contribution is 5.84. The molecular formula is C15H28N4O2. The van der Waals surface area contributed by atoms with Crippen molar-refractivity contribution in [1.29, 1.82) is 0 Å². The number of carbonyl (C=O) groups is 1. The van der Waals surface area contributed by atoms with Crippen molar-refractivity contribution in [2.75, 3.05) is 40.3 Å². The third-order valence-electron chi connectivity index (χ3n) is 3.90. The van der Waals surface area contributed by atoms with Crippen molar-refractivity contribution in [3.63, 3.8) is 0 Å². The molecular weight excluding hydrogens is 268 g/mol. The number of guanidine groups is 1. The molecule has 0 aromatic rings. The van der Waals surface area contributed by atoms with Gasteiger partial charge in [0.1, 0.15) is 6.54 Å². The highest BCUT2D eigenvalue weighted by atomic mass is 16.5. The predicted octanol–water partition coefficient (Wildman–Crippen LogP) is 0.589. The van der Waals surface area contributed by atoms with Crippen molar-refractivity contribution < 1.29 is 9.53 Å². The van der Waals surface area contributed by atoms with E-state index in [2.05, 4.69) is 15.6 Å². The van der Waals surface area contributed by atoms with Crippen molar-refractivity contribution in [1.82, 2.24) is 15.5 Å². The second-order valence-corrected chi connectivity index (χ2v) is 6.15. The number of likely N-dealkylation sites (N-methyl/N-ethyl adjacent to an activating group) is 1. The van der Waals surface area contributed by atoms with Crippen LogP contribution >= 0.6 is 0 Å². The monoisotopic (exact) mass is 296 g/mol. The van der Waals surface area contributed by atoms with Crippen molar-refractivity contribution in [3.8, 4) is 0 Å². The SMILES string of the molecule is CN(C)C(=O)CN=C(NCC1CC1)NCC1CCCCO1. The summed E-state index contributed by atoms with van der Waals surface area (Å²) in [4.78, 5) is 17.6. The summed E-state index contributed by atoms with van der Waals surface area (Å²) in [5.74, 6) is 1.51. The van der Waals surface area contributed by atoms with E-state index in [-0.39, 0.29) is 18.6 Å². The van der Waals surface area contributed by atoms with E-state index in [9.17, 15) is 4.79 Å². The van der Waals surface area contributed by atoms with Crippen molar-refractivity contribution in [2.24, 2.45) is 10.9 Å². The first-order chi connectivity index (χ1) is 10.1. The molecule has 21 heavy (non-hydrogen) atoms. The second kappa shape index (κ2) is 8.22. The Labute approximate surface area is 127 Å². The van der Waals surface area contributed by atoms with Gasteiger partial charge in [-0.15, -0.1) is 0 Å². The van der Waals surface area contributed by atoms with Gasteiger partial charge in [-0.1, -0.05) is 0 Å². The number of nitrogens with one attached hydrogen (secondary N) is 2. The lowest BCUT2D eigenvalue weighted by Gasteiger charge is -2.24. The third kappa shape index (κ3) is 6.33. The Bertz CT molecular complexity index is 361. The highest BCUT2D eigenvalue weighted by Gasteiger charge is 2.21. The zero-order valence-corrected chi connectivity index (χ0v) is 13.2. The first kappa shape index (κ1) is 16.1. The molecule has 1 aliphatic heterocycles. The molecule has 0 aromatic heterocycles. The number of hydrogen-bond acceptors (Lipinski definition) is 3. The zero-order valence-electron chi connectivity index (χ0n) is 13.2. The average molecular weight is 296 g/mol. The Morgan fingerprint density at radius 1 is 1.19 bits per heavy atom. The van der Waals surface area contributed by atoms with Crippen molar-refractivity contribution >= 4 is 11.9 Å². The van der Waals surface area contributed by atoms with Gasteiger partial charge in [-0.25, -0.2) is 4.99 Å². The lowest BCUT2D eigenvalue weighted by atomic mass is 10.1. The first-order valence-electron chi connectivity index (χ1n) is 7.99. The van der Waals surface area contributed by atoms with Crippen LogP contribution in [0.1, 0.15) is 32.1 Å². The Hall–Kier alpha value is -1.30. The standard InChI is InChI=1S/C15H28N4O2/c1-19(2)14(20)11-18-15(16-9-12-6-7-12)17-10-13-5-3-4-8-21-13/h12-13H,3-11H2,1-2H3,(H2,16,17,18). The van der Waals surface area contributed by atoms with Gasteiger partial charge in [-0.3, -0.25) is 4.79 Å². The predicted molar refractivity (Wildman–Crippen MR) is 83.3 cm³/mol. The van der Waals surface area contributed by atoms with Crippen LogP contribution in [-0.2, 0) is 9.53 Å². The van der Waals surface area contributed by atoms with E-state index >= 15 is 0 Å². The summed E-state index contributed by atoms with van der Waals surface area (Å²) in [6.07, 6.45) is 6.34. The van der Waals surface area contributed by atoms with E-state index in [1.807, 2.05) is 0 Å². The molecule has 0 radical (unpaired) electrons. The minimum atomic E-state index is 0.0106. The van der Waals surface area contributed by atoms with Crippen LogP contribution in [0.2, 0.25) is 0 Å². The molecule has 1 unspecified atom stereocenters. The zero-order chi connectivity index (χ0) is 15.1. The number of hydrogen-bond donors (Lipinski definition) is 2. The average Bonchev–Trinajstić information content (AvgIpc) is 3.31. The Balaban J connectivity index is 1.78. The lowest BCUT2D eigenvalue weighted by molar-refractivity contribution is -0.127. The van der Waals surface area contributed by atoms with Crippen LogP contribution in [0, 0.1) is 5.92 Å². The van der Waals surface area contributed by atoms with Gasteiger partial charge < -0.3 is 20.3 Å². The number of amides is 1. The fraction of sp³-hybridized carbons (Fsp3) is 0.867. The minimum absolute atomic E-state index is 0.0106. The van der Waals surface area contributed by atoms with E-state index in [0.29, 0.717) is 0 Å². The molecule has 120 valence electrons. The summed E-state index contributed by atoms with van der Waals surface area (Å²) in [6, 6.07) is 0. The summed E-state index contributed by atoms with van der Waals surface area (Å²) >= 11 is 0. The van der Waals surface area contributed by atoms with Gasteiger partial charge in [0, 0.05) is 33.8 Å². The molecule has 0 aromatic carbocycles. The molecule has 2 aliphatic rings. The summed E-state index contributed by atoms with van der Waals surface area (Å²) in [7, 11) is 3.50. The van der Waals surface area contributed by atoms with Crippen LogP contribution in [-0.4, -0.2) is 63.2 Å². The van der Waals surface area contributed by atoms with Crippen LogP contribution in [0.5, 0.6) is 0 Å². The Morgan fingerprint density at radius 2 is 1.95 bits per heavy atom. The van der Waals surface area contributed by atoms with E-state index in [1.54, 1.807) is 19.0 Å². The van der Waals surface area contributed by atoms with E-state index in [4.69, 9.17) is 4.74 Å². The van der Waals surface area contributed by atoms with Gasteiger partial charge in [-0.2, -0.15) is 0 Å². The minimum Gasteiger partial charge on any atom is -0.376 e. The maximum Gasteiger partial charge on any atom is 0.243 e. The fourth-order valence-corrected chi connectivity index (χ4v) is 2.20. The quantitative estimate of drug-likeness (QED) is 0.556. The maximum absolute atomic E-state index is 11.6. The van der Waals surface area contributed by atoms with Gasteiger partial charge in [0.05, 0.1) is 6.10 Å². The molecule has 1 heterocycles. The normalized spacial score (nSPS) is 22.8. The Kier molecular flexibility index (Phi) is 6.29. The second-order valence-electron chi connectivity index (χ2n) is 6.15. The van der Waals surface area contributed by atoms with Crippen LogP contribution in [0.4, 0.5) is 0 Å². The first-order valence-corrected chi connectivity index (χ1v) is 7.99. The molecule has 1 saturated heterocycles. The molecule has 6 nitrogen and oxygen atoms in total. The Morgan fingerprint density at radius 3 is 2.57 bits per heavy atom. The van der Waals surface area contributed by atoms with Gasteiger partial charge >= 0.3 is 0 Å². The molecule has 1 atom stereocenters. The third-order valence-corrected chi connectivity index (χ3v) is 3.90. The van der Waals surface area contributed by atoms with E-state index in [1.165, 1.54) is 19.3 Å². The van der Waals surface area contributed by atoms with Crippen LogP contribution in [0.3, 0.4) is 0 Å². The number of nitrogens with zero attached hydrogens (tertiary/aromatic N) is 2. The molecule has 0 bridgehead atoms. The maximum atomic E-state index is 11.6. The van der Waals surface area contributed by atoms with Crippen molar-refractivity contribution in [2.45, 2.75) is 38.2 Å². The van der Waals surface area contributed by atoms with Gasteiger partial charge in [0.15, 0.2) is 5.96 Å². The van der Waals surface area contributed by atoms with Crippen LogP contribution < -0.4 is 10.6 Å². The van der Waals surface area contributed by atoms with Gasteiger partial charge in [-0.05, 0) is 38.0 Å². The summed E-state index contributed by atoms with van der Waals surface area (Å²) in [6.45, 7) is 2.73.